The van der Waals surface area contributed by atoms with Crippen LogP contribution in [-0.4, -0.2) is 4.98 Å². The molecule has 0 fully saturated rings. The Bertz CT molecular complexity index is 436. The van der Waals surface area contributed by atoms with E-state index in [-0.39, 0.29) is 0 Å². The van der Waals surface area contributed by atoms with E-state index in [0.717, 1.165) is 11.4 Å². The van der Waals surface area contributed by atoms with Crippen molar-refractivity contribution in [3.8, 4) is 5.75 Å². The molecule has 4 heteroatoms. The van der Waals surface area contributed by atoms with Crippen LogP contribution < -0.4 is 4.74 Å². The fraction of sp³-hybridized carbons (Fsp3) is 0.182. The highest BCUT2D eigenvalue weighted by molar-refractivity contribution is 6.30. The number of benzene rings is 1. The molecule has 78 valence electrons. The Morgan fingerprint density at radius 1 is 1.33 bits per heavy atom. The van der Waals surface area contributed by atoms with Crippen LogP contribution in [0.5, 0.6) is 5.75 Å². The van der Waals surface area contributed by atoms with Gasteiger partial charge < -0.3 is 9.15 Å². The Balaban J connectivity index is 1.96. The molecule has 0 aliphatic carbocycles. The smallest absolute Gasteiger partial charge is 0.191 e. The molecule has 0 aliphatic rings. The minimum absolute atomic E-state index is 0.402. The maximum absolute atomic E-state index is 5.75. The topological polar surface area (TPSA) is 35.3 Å². The van der Waals surface area contributed by atoms with Gasteiger partial charge in [0, 0.05) is 11.9 Å². The third-order valence-electron chi connectivity index (χ3n) is 1.87. The second-order valence-corrected chi connectivity index (χ2v) is 3.54. The normalized spacial score (nSPS) is 10.3. The van der Waals surface area contributed by atoms with Crippen LogP contribution in [-0.2, 0) is 6.61 Å². The van der Waals surface area contributed by atoms with Gasteiger partial charge in [-0.2, -0.15) is 0 Å². The first kappa shape index (κ1) is 10.1. The van der Waals surface area contributed by atoms with Crippen LogP contribution in [0.4, 0.5) is 0 Å². The van der Waals surface area contributed by atoms with Crippen LogP contribution in [0, 0.1) is 6.92 Å². The fourth-order valence-corrected chi connectivity index (χ4v) is 1.29. The van der Waals surface area contributed by atoms with Crippen molar-refractivity contribution >= 4 is 11.6 Å². The molecule has 1 aromatic heterocycles. The minimum atomic E-state index is 0.402. The van der Waals surface area contributed by atoms with E-state index in [1.165, 1.54) is 0 Å². The second-order valence-electron chi connectivity index (χ2n) is 3.10. The van der Waals surface area contributed by atoms with Gasteiger partial charge in [-0.05, 0) is 24.3 Å². The van der Waals surface area contributed by atoms with Crippen molar-refractivity contribution in [1.29, 1.82) is 0 Å². The standard InChI is InChI=1S/C11H10ClNO2/c1-8-13-10(6-14-8)7-15-11-4-2-9(12)3-5-11/h2-6H,7H2,1H3. The van der Waals surface area contributed by atoms with E-state index >= 15 is 0 Å². The van der Waals surface area contributed by atoms with Crippen molar-refractivity contribution in [3.05, 3.63) is 47.1 Å². The third kappa shape index (κ3) is 2.73. The molecular formula is C11H10ClNO2. The molecular weight excluding hydrogens is 214 g/mol. The van der Waals surface area contributed by atoms with E-state index in [1.54, 1.807) is 25.3 Å². The predicted octanol–water partition coefficient (Wildman–Crippen LogP) is 3.22. The average molecular weight is 224 g/mol. The second kappa shape index (κ2) is 4.36. The summed E-state index contributed by atoms with van der Waals surface area (Å²) in [5, 5.41) is 0.694. The molecule has 0 aliphatic heterocycles. The van der Waals surface area contributed by atoms with Gasteiger partial charge in [-0.25, -0.2) is 4.98 Å². The summed E-state index contributed by atoms with van der Waals surface area (Å²) in [5.74, 6) is 1.41. The molecule has 0 bridgehead atoms. The number of hydrogen-bond donors (Lipinski definition) is 0. The summed E-state index contributed by atoms with van der Waals surface area (Å²) in [6, 6.07) is 7.19. The van der Waals surface area contributed by atoms with Crippen molar-refractivity contribution in [1.82, 2.24) is 4.98 Å². The monoisotopic (exact) mass is 223 g/mol. The van der Waals surface area contributed by atoms with Crippen LogP contribution in [0.1, 0.15) is 11.6 Å². The van der Waals surface area contributed by atoms with Crippen molar-refractivity contribution in [2.75, 3.05) is 0 Å². The van der Waals surface area contributed by atoms with E-state index in [9.17, 15) is 0 Å². The summed E-state index contributed by atoms with van der Waals surface area (Å²) in [4.78, 5) is 4.13. The summed E-state index contributed by atoms with van der Waals surface area (Å²) in [5.41, 5.74) is 0.780. The lowest BCUT2D eigenvalue weighted by Crippen LogP contribution is -1.95. The van der Waals surface area contributed by atoms with Gasteiger partial charge in [0.1, 0.15) is 24.3 Å². The number of aromatic nitrogens is 1. The number of nitrogens with zero attached hydrogens (tertiary/aromatic N) is 1. The van der Waals surface area contributed by atoms with Crippen molar-refractivity contribution < 1.29 is 9.15 Å². The SMILES string of the molecule is Cc1nc(COc2ccc(Cl)cc2)co1. The molecule has 1 aromatic carbocycles. The van der Waals surface area contributed by atoms with Gasteiger partial charge in [0.05, 0.1) is 0 Å². The molecule has 0 atom stereocenters. The Labute approximate surface area is 92.6 Å². The fourth-order valence-electron chi connectivity index (χ4n) is 1.16. The number of oxazole rings is 1. The van der Waals surface area contributed by atoms with Gasteiger partial charge in [0.2, 0.25) is 0 Å². The maximum atomic E-state index is 5.75. The molecule has 3 nitrogen and oxygen atoms in total. The lowest BCUT2D eigenvalue weighted by molar-refractivity contribution is 0.301. The Morgan fingerprint density at radius 2 is 2.07 bits per heavy atom. The number of rotatable bonds is 3. The molecule has 0 radical (unpaired) electrons. The van der Waals surface area contributed by atoms with Crippen LogP contribution in [0.3, 0.4) is 0 Å². The van der Waals surface area contributed by atoms with Crippen LogP contribution in [0.25, 0.3) is 0 Å². The zero-order chi connectivity index (χ0) is 10.7. The first-order chi connectivity index (χ1) is 7.24. The Morgan fingerprint density at radius 3 is 2.67 bits per heavy atom. The molecule has 0 unspecified atom stereocenters. The summed E-state index contributed by atoms with van der Waals surface area (Å²) < 4.78 is 10.5. The van der Waals surface area contributed by atoms with Gasteiger partial charge in [-0.1, -0.05) is 11.6 Å². The highest BCUT2D eigenvalue weighted by Gasteiger charge is 2.00. The van der Waals surface area contributed by atoms with Crippen molar-refractivity contribution in [2.24, 2.45) is 0 Å². The molecule has 0 saturated heterocycles. The molecule has 0 N–H and O–H groups in total. The average Bonchev–Trinajstić information content (AvgIpc) is 2.64. The molecule has 1 heterocycles. The van der Waals surface area contributed by atoms with E-state index in [2.05, 4.69) is 4.98 Å². The first-order valence-corrected chi connectivity index (χ1v) is 4.91. The summed E-state index contributed by atoms with van der Waals surface area (Å²) >= 11 is 5.75. The van der Waals surface area contributed by atoms with E-state index in [0.29, 0.717) is 17.5 Å². The molecule has 0 amide bonds. The minimum Gasteiger partial charge on any atom is -0.487 e. The van der Waals surface area contributed by atoms with Crippen LogP contribution >= 0.6 is 11.6 Å². The van der Waals surface area contributed by atoms with Gasteiger partial charge in [-0.15, -0.1) is 0 Å². The van der Waals surface area contributed by atoms with E-state index in [1.807, 2.05) is 12.1 Å². The van der Waals surface area contributed by atoms with Gasteiger partial charge >= 0.3 is 0 Å². The Hall–Kier alpha value is -1.48. The Kier molecular flexibility index (Phi) is 2.92. The van der Waals surface area contributed by atoms with E-state index < -0.39 is 0 Å². The lowest BCUT2D eigenvalue weighted by atomic mass is 10.3. The van der Waals surface area contributed by atoms with Gasteiger partial charge in [0.25, 0.3) is 0 Å². The maximum Gasteiger partial charge on any atom is 0.191 e. The zero-order valence-electron chi connectivity index (χ0n) is 8.24. The third-order valence-corrected chi connectivity index (χ3v) is 2.12. The number of ether oxygens (including phenoxy) is 1. The van der Waals surface area contributed by atoms with Crippen molar-refractivity contribution in [2.45, 2.75) is 13.5 Å². The number of halogens is 1. The molecule has 2 rings (SSSR count). The van der Waals surface area contributed by atoms with Crippen molar-refractivity contribution in [3.63, 3.8) is 0 Å². The largest absolute Gasteiger partial charge is 0.487 e. The molecule has 2 aromatic rings. The summed E-state index contributed by atoms with van der Waals surface area (Å²) in [6.07, 6.45) is 1.59. The van der Waals surface area contributed by atoms with E-state index in [4.69, 9.17) is 20.8 Å². The molecule has 0 spiro atoms. The number of hydrogen-bond acceptors (Lipinski definition) is 3. The highest BCUT2D eigenvalue weighted by atomic mass is 35.5. The lowest BCUT2D eigenvalue weighted by Gasteiger charge is -2.02. The predicted molar refractivity (Wildman–Crippen MR) is 57.0 cm³/mol. The quantitative estimate of drug-likeness (QED) is 0.802. The molecule has 0 saturated carbocycles. The van der Waals surface area contributed by atoms with Crippen LogP contribution in [0.2, 0.25) is 5.02 Å². The number of aryl methyl sites for hydroxylation is 1. The summed E-state index contributed by atoms with van der Waals surface area (Å²) in [7, 11) is 0. The van der Waals surface area contributed by atoms with Crippen LogP contribution in [0.15, 0.2) is 34.9 Å². The first-order valence-electron chi connectivity index (χ1n) is 4.53. The molecule has 15 heavy (non-hydrogen) atoms. The van der Waals surface area contributed by atoms with Gasteiger partial charge in [-0.3, -0.25) is 0 Å². The highest BCUT2D eigenvalue weighted by Crippen LogP contribution is 2.16. The summed E-state index contributed by atoms with van der Waals surface area (Å²) in [6.45, 7) is 2.20. The van der Waals surface area contributed by atoms with Gasteiger partial charge in [0.15, 0.2) is 5.89 Å². The zero-order valence-corrected chi connectivity index (χ0v) is 8.99.